The standard InChI is InChI=1S/C13H12F5N3O/c1-2-9-20-21-10(22-9)6-19-12(13(16,17)18)11-7(14)4-3-5-8(11)15/h3-5,12,19H,2,6H2,1H3/t12-/m0/s1. The topological polar surface area (TPSA) is 51.0 Å². The molecule has 1 N–H and O–H groups in total. The Labute approximate surface area is 122 Å². The van der Waals surface area contributed by atoms with E-state index < -0.39 is 36.0 Å². The van der Waals surface area contributed by atoms with Crippen molar-refractivity contribution < 1.29 is 26.4 Å². The van der Waals surface area contributed by atoms with Crippen LogP contribution in [0.25, 0.3) is 0 Å². The highest BCUT2D eigenvalue weighted by molar-refractivity contribution is 5.24. The normalized spacial score (nSPS) is 13.4. The number of nitrogens with zero attached hydrogens (tertiary/aromatic N) is 2. The van der Waals surface area contributed by atoms with E-state index in [9.17, 15) is 22.0 Å². The van der Waals surface area contributed by atoms with E-state index in [0.29, 0.717) is 6.42 Å². The molecule has 1 aromatic heterocycles. The van der Waals surface area contributed by atoms with E-state index in [1.807, 2.05) is 5.32 Å². The minimum absolute atomic E-state index is 0.0946. The molecule has 4 nitrogen and oxygen atoms in total. The predicted octanol–water partition coefficient (Wildman–Crippen LogP) is 3.30. The molecule has 1 aromatic carbocycles. The van der Waals surface area contributed by atoms with Crippen LogP contribution in [0.15, 0.2) is 22.6 Å². The van der Waals surface area contributed by atoms with Crippen molar-refractivity contribution in [2.45, 2.75) is 32.1 Å². The minimum Gasteiger partial charge on any atom is -0.424 e. The fourth-order valence-electron chi connectivity index (χ4n) is 1.86. The Balaban J connectivity index is 2.24. The Morgan fingerprint density at radius 2 is 1.73 bits per heavy atom. The van der Waals surface area contributed by atoms with Gasteiger partial charge in [-0.15, -0.1) is 10.2 Å². The Morgan fingerprint density at radius 3 is 2.23 bits per heavy atom. The molecule has 1 atom stereocenters. The molecule has 2 aromatic rings. The van der Waals surface area contributed by atoms with E-state index in [-0.39, 0.29) is 11.8 Å². The first kappa shape index (κ1) is 16.3. The summed E-state index contributed by atoms with van der Waals surface area (Å²) < 4.78 is 71.5. The lowest BCUT2D eigenvalue weighted by atomic mass is 10.0. The molecule has 9 heteroatoms. The molecule has 0 amide bonds. The summed E-state index contributed by atoms with van der Waals surface area (Å²) in [5, 5.41) is 9.15. The lowest BCUT2D eigenvalue weighted by Crippen LogP contribution is -2.35. The summed E-state index contributed by atoms with van der Waals surface area (Å²) in [5.41, 5.74) is -1.09. The summed E-state index contributed by atoms with van der Waals surface area (Å²) in [4.78, 5) is 0. The molecule has 0 saturated carbocycles. The van der Waals surface area contributed by atoms with Crippen molar-refractivity contribution in [2.24, 2.45) is 0 Å². The zero-order valence-electron chi connectivity index (χ0n) is 11.4. The van der Waals surface area contributed by atoms with Crippen LogP contribution in [0.2, 0.25) is 0 Å². The summed E-state index contributed by atoms with van der Waals surface area (Å²) in [6.45, 7) is 1.27. The summed E-state index contributed by atoms with van der Waals surface area (Å²) in [6.07, 6.45) is -4.46. The number of aryl methyl sites for hydroxylation is 1. The fraction of sp³-hybridized carbons (Fsp3) is 0.385. The number of hydrogen-bond donors (Lipinski definition) is 1. The Kier molecular flexibility index (Phi) is 4.74. The summed E-state index contributed by atoms with van der Waals surface area (Å²) in [7, 11) is 0. The van der Waals surface area contributed by atoms with Gasteiger partial charge in [-0.2, -0.15) is 13.2 Å². The van der Waals surface area contributed by atoms with Gasteiger partial charge in [0.25, 0.3) is 0 Å². The Morgan fingerprint density at radius 1 is 1.14 bits per heavy atom. The monoisotopic (exact) mass is 321 g/mol. The van der Waals surface area contributed by atoms with Crippen LogP contribution < -0.4 is 5.32 Å². The molecule has 0 bridgehead atoms. The molecule has 0 saturated heterocycles. The second-order valence-corrected chi connectivity index (χ2v) is 4.43. The molecule has 0 radical (unpaired) electrons. The number of hydrogen-bond acceptors (Lipinski definition) is 4. The molecule has 0 unspecified atom stereocenters. The summed E-state index contributed by atoms with van der Waals surface area (Å²) >= 11 is 0. The van der Waals surface area contributed by atoms with Gasteiger partial charge in [-0.05, 0) is 12.1 Å². The third-order valence-electron chi connectivity index (χ3n) is 2.88. The van der Waals surface area contributed by atoms with Crippen LogP contribution in [-0.4, -0.2) is 16.4 Å². The highest BCUT2D eigenvalue weighted by Crippen LogP contribution is 2.35. The zero-order valence-corrected chi connectivity index (χ0v) is 11.4. The Bertz CT molecular complexity index is 621. The van der Waals surface area contributed by atoms with E-state index >= 15 is 0 Å². The van der Waals surface area contributed by atoms with Gasteiger partial charge in [-0.1, -0.05) is 13.0 Å². The van der Waals surface area contributed by atoms with Gasteiger partial charge < -0.3 is 4.42 Å². The number of nitrogens with one attached hydrogen (secondary N) is 1. The number of aromatic nitrogens is 2. The summed E-state index contributed by atoms with van der Waals surface area (Å²) in [6, 6.07) is -0.000132. The smallest absolute Gasteiger partial charge is 0.408 e. The van der Waals surface area contributed by atoms with Gasteiger partial charge in [-0.3, -0.25) is 5.32 Å². The highest BCUT2D eigenvalue weighted by atomic mass is 19.4. The maximum Gasteiger partial charge on any atom is 0.408 e. The Hall–Kier alpha value is -2.03. The molecule has 1 heterocycles. The SMILES string of the molecule is CCc1nnc(CN[C@@H](c2c(F)cccc2F)C(F)(F)F)o1. The third-order valence-corrected chi connectivity index (χ3v) is 2.88. The van der Waals surface area contributed by atoms with Crippen molar-refractivity contribution in [3.63, 3.8) is 0 Å². The number of alkyl halides is 3. The van der Waals surface area contributed by atoms with Crippen molar-refractivity contribution >= 4 is 0 Å². The summed E-state index contributed by atoms with van der Waals surface area (Å²) in [5.74, 6) is -2.40. The molecule has 22 heavy (non-hydrogen) atoms. The first-order valence-electron chi connectivity index (χ1n) is 6.38. The molecular formula is C13H12F5N3O. The lowest BCUT2D eigenvalue weighted by molar-refractivity contribution is -0.159. The van der Waals surface area contributed by atoms with E-state index in [0.717, 1.165) is 18.2 Å². The average molecular weight is 321 g/mol. The molecular weight excluding hydrogens is 309 g/mol. The molecule has 0 aliphatic rings. The van der Waals surface area contributed by atoms with Gasteiger partial charge in [0.05, 0.1) is 6.54 Å². The maximum absolute atomic E-state index is 13.6. The van der Waals surface area contributed by atoms with Gasteiger partial charge in [-0.25, -0.2) is 8.78 Å². The molecule has 2 rings (SSSR count). The molecule has 0 spiro atoms. The van der Waals surface area contributed by atoms with Crippen molar-refractivity contribution in [3.8, 4) is 0 Å². The van der Waals surface area contributed by atoms with Crippen molar-refractivity contribution in [2.75, 3.05) is 0 Å². The van der Waals surface area contributed by atoms with Crippen LogP contribution in [0.4, 0.5) is 22.0 Å². The quantitative estimate of drug-likeness (QED) is 0.859. The van der Waals surface area contributed by atoms with Crippen molar-refractivity contribution in [3.05, 3.63) is 47.2 Å². The molecule has 0 fully saturated rings. The molecule has 120 valence electrons. The van der Waals surface area contributed by atoms with Crippen LogP contribution >= 0.6 is 0 Å². The number of benzene rings is 1. The van der Waals surface area contributed by atoms with Crippen molar-refractivity contribution in [1.82, 2.24) is 15.5 Å². The second kappa shape index (κ2) is 6.39. The molecule has 0 aliphatic heterocycles. The van der Waals surface area contributed by atoms with Gasteiger partial charge in [0.2, 0.25) is 11.8 Å². The predicted molar refractivity (Wildman–Crippen MR) is 65.7 cm³/mol. The van der Waals surface area contributed by atoms with Gasteiger partial charge in [0, 0.05) is 12.0 Å². The average Bonchev–Trinajstić information content (AvgIpc) is 2.88. The highest BCUT2D eigenvalue weighted by Gasteiger charge is 2.43. The second-order valence-electron chi connectivity index (χ2n) is 4.43. The van der Waals surface area contributed by atoms with Crippen molar-refractivity contribution in [1.29, 1.82) is 0 Å². The van der Waals surface area contributed by atoms with Crippen LogP contribution in [0.1, 0.15) is 30.3 Å². The van der Waals surface area contributed by atoms with Crippen LogP contribution in [0.3, 0.4) is 0 Å². The van der Waals surface area contributed by atoms with Gasteiger partial charge >= 0.3 is 6.18 Å². The lowest BCUT2D eigenvalue weighted by Gasteiger charge is -2.22. The van der Waals surface area contributed by atoms with Crippen LogP contribution in [-0.2, 0) is 13.0 Å². The third kappa shape index (κ3) is 3.59. The van der Waals surface area contributed by atoms with Crippen LogP contribution in [0.5, 0.6) is 0 Å². The van der Waals surface area contributed by atoms with E-state index in [1.165, 1.54) is 0 Å². The van der Waals surface area contributed by atoms with Crippen LogP contribution in [0, 0.1) is 11.6 Å². The first-order valence-corrected chi connectivity index (χ1v) is 6.38. The van der Waals surface area contributed by atoms with E-state index in [1.54, 1.807) is 6.92 Å². The van der Waals surface area contributed by atoms with Gasteiger partial charge in [0.15, 0.2) is 0 Å². The van der Waals surface area contributed by atoms with Gasteiger partial charge in [0.1, 0.15) is 17.7 Å². The fourth-order valence-corrected chi connectivity index (χ4v) is 1.86. The first-order chi connectivity index (χ1) is 10.3. The van der Waals surface area contributed by atoms with E-state index in [4.69, 9.17) is 4.42 Å². The zero-order chi connectivity index (χ0) is 16.3. The van der Waals surface area contributed by atoms with E-state index in [2.05, 4.69) is 10.2 Å². The molecule has 0 aliphatic carbocycles. The largest absolute Gasteiger partial charge is 0.424 e. The minimum atomic E-state index is -4.89. The number of rotatable bonds is 5. The maximum atomic E-state index is 13.6. The number of halogens is 5.